The Morgan fingerprint density at radius 3 is 2.47 bits per heavy atom. The zero-order chi connectivity index (χ0) is 13.9. The highest BCUT2D eigenvalue weighted by Gasteiger charge is 2.32. The summed E-state index contributed by atoms with van der Waals surface area (Å²) in [6.45, 7) is 1.08. The largest absolute Gasteiger partial charge is 0.401 e. The molecule has 1 saturated heterocycles. The van der Waals surface area contributed by atoms with Crippen LogP contribution in [-0.2, 0) is 5.88 Å². The van der Waals surface area contributed by atoms with Crippen LogP contribution in [0.25, 0.3) is 0 Å². The van der Waals surface area contributed by atoms with E-state index in [1.807, 2.05) is 11.0 Å². The Kier molecular flexibility index (Phi) is 4.52. The van der Waals surface area contributed by atoms with E-state index in [-0.39, 0.29) is 0 Å². The minimum atomic E-state index is -4.13. The standard InChI is InChI=1S/C12H15ClF3N3/c13-7-10-1-2-17-8-11(10)19-5-3-18(4-6-19)9-12(14,15)16/h1-2,8H,3-7,9H2. The first-order valence-electron chi connectivity index (χ1n) is 6.02. The molecule has 0 spiro atoms. The van der Waals surface area contributed by atoms with Crippen LogP contribution in [0.15, 0.2) is 18.5 Å². The van der Waals surface area contributed by atoms with Gasteiger partial charge in [0.05, 0.1) is 18.4 Å². The summed E-state index contributed by atoms with van der Waals surface area (Å²) in [5.41, 5.74) is 1.88. The van der Waals surface area contributed by atoms with Gasteiger partial charge in [0.1, 0.15) is 0 Å². The first-order valence-corrected chi connectivity index (χ1v) is 6.56. The Hall–Kier alpha value is -1.01. The van der Waals surface area contributed by atoms with Gasteiger partial charge in [-0.15, -0.1) is 11.6 Å². The van der Waals surface area contributed by atoms with E-state index in [9.17, 15) is 13.2 Å². The molecule has 106 valence electrons. The van der Waals surface area contributed by atoms with Crippen molar-refractivity contribution in [3.05, 3.63) is 24.0 Å². The summed E-state index contributed by atoms with van der Waals surface area (Å²) in [6, 6.07) is 1.84. The van der Waals surface area contributed by atoms with Crippen molar-refractivity contribution >= 4 is 17.3 Å². The molecule has 1 aromatic rings. The summed E-state index contributed by atoms with van der Waals surface area (Å²) in [6.07, 6.45) is -0.740. The van der Waals surface area contributed by atoms with Crippen LogP contribution in [0.4, 0.5) is 18.9 Å². The van der Waals surface area contributed by atoms with Crippen molar-refractivity contribution in [1.29, 1.82) is 0 Å². The van der Waals surface area contributed by atoms with Gasteiger partial charge in [-0.3, -0.25) is 9.88 Å². The van der Waals surface area contributed by atoms with Gasteiger partial charge in [0.15, 0.2) is 0 Å². The highest BCUT2D eigenvalue weighted by Crippen LogP contribution is 2.23. The van der Waals surface area contributed by atoms with E-state index < -0.39 is 12.7 Å². The van der Waals surface area contributed by atoms with E-state index in [1.54, 1.807) is 12.4 Å². The van der Waals surface area contributed by atoms with E-state index in [0.717, 1.165) is 11.3 Å². The number of hydrogen-bond acceptors (Lipinski definition) is 3. The molecule has 1 aromatic heterocycles. The lowest BCUT2D eigenvalue weighted by atomic mass is 10.2. The molecule has 7 heteroatoms. The van der Waals surface area contributed by atoms with Crippen molar-refractivity contribution in [3.63, 3.8) is 0 Å². The quantitative estimate of drug-likeness (QED) is 0.798. The zero-order valence-electron chi connectivity index (χ0n) is 10.3. The topological polar surface area (TPSA) is 19.4 Å². The Balaban J connectivity index is 1.96. The molecule has 3 nitrogen and oxygen atoms in total. The van der Waals surface area contributed by atoms with Gasteiger partial charge in [-0.1, -0.05) is 0 Å². The van der Waals surface area contributed by atoms with Gasteiger partial charge in [0, 0.05) is 38.3 Å². The van der Waals surface area contributed by atoms with Gasteiger partial charge in [-0.2, -0.15) is 13.2 Å². The minimum Gasteiger partial charge on any atom is -0.367 e. The van der Waals surface area contributed by atoms with E-state index in [2.05, 4.69) is 4.98 Å². The van der Waals surface area contributed by atoms with Crippen LogP contribution in [0, 0.1) is 0 Å². The molecule has 2 heterocycles. The SMILES string of the molecule is FC(F)(F)CN1CCN(c2cnccc2CCl)CC1. The zero-order valence-corrected chi connectivity index (χ0v) is 11.1. The maximum atomic E-state index is 12.3. The monoisotopic (exact) mass is 293 g/mol. The lowest BCUT2D eigenvalue weighted by Gasteiger charge is -2.36. The molecule has 1 aliphatic rings. The van der Waals surface area contributed by atoms with Crippen LogP contribution >= 0.6 is 11.6 Å². The summed E-state index contributed by atoms with van der Waals surface area (Å²) in [7, 11) is 0. The number of anilines is 1. The molecule has 0 aromatic carbocycles. The van der Waals surface area contributed by atoms with Crippen LogP contribution in [0.1, 0.15) is 5.56 Å². The second-order valence-electron chi connectivity index (χ2n) is 4.52. The van der Waals surface area contributed by atoms with Gasteiger partial charge in [0.25, 0.3) is 0 Å². The Bertz CT molecular complexity index is 417. The number of piperazine rings is 1. The normalized spacial score (nSPS) is 17.8. The predicted octanol–water partition coefficient (Wildman–Crippen LogP) is 2.50. The van der Waals surface area contributed by atoms with E-state index >= 15 is 0 Å². The Morgan fingerprint density at radius 2 is 1.89 bits per heavy atom. The molecule has 2 rings (SSSR count). The van der Waals surface area contributed by atoms with Gasteiger partial charge in [-0.25, -0.2) is 0 Å². The molecule has 0 radical (unpaired) electrons. The third-order valence-electron chi connectivity index (χ3n) is 3.15. The van der Waals surface area contributed by atoms with Crippen molar-refractivity contribution in [2.75, 3.05) is 37.6 Å². The lowest BCUT2D eigenvalue weighted by Crippen LogP contribution is -2.49. The molecule has 0 amide bonds. The average molecular weight is 294 g/mol. The fourth-order valence-electron chi connectivity index (χ4n) is 2.21. The molecule has 1 aliphatic heterocycles. The predicted molar refractivity (Wildman–Crippen MR) is 68.5 cm³/mol. The van der Waals surface area contributed by atoms with Crippen LogP contribution in [0.3, 0.4) is 0 Å². The van der Waals surface area contributed by atoms with Gasteiger partial charge < -0.3 is 4.90 Å². The molecule has 1 fully saturated rings. The lowest BCUT2D eigenvalue weighted by molar-refractivity contribution is -0.146. The fraction of sp³-hybridized carbons (Fsp3) is 0.583. The van der Waals surface area contributed by atoms with Crippen LogP contribution in [0.5, 0.6) is 0 Å². The third-order valence-corrected chi connectivity index (χ3v) is 3.44. The molecule has 0 unspecified atom stereocenters. The fourth-order valence-corrected chi connectivity index (χ4v) is 2.44. The first-order chi connectivity index (χ1) is 8.99. The van der Waals surface area contributed by atoms with Gasteiger partial charge >= 0.3 is 6.18 Å². The van der Waals surface area contributed by atoms with Crippen molar-refractivity contribution in [1.82, 2.24) is 9.88 Å². The molecular formula is C12H15ClF3N3. The molecule has 19 heavy (non-hydrogen) atoms. The number of rotatable bonds is 3. The summed E-state index contributed by atoms with van der Waals surface area (Å²) in [5, 5.41) is 0. The first kappa shape index (κ1) is 14.4. The average Bonchev–Trinajstić information content (AvgIpc) is 2.38. The van der Waals surface area contributed by atoms with Crippen LogP contribution < -0.4 is 4.90 Å². The van der Waals surface area contributed by atoms with Crippen molar-refractivity contribution in [3.8, 4) is 0 Å². The number of aromatic nitrogens is 1. The number of pyridine rings is 1. The minimum absolute atomic E-state index is 0.376. The summed E-state index contributed by atoms with van der Waals surface area (Å²) in [4.78, 5) is 7.52. The van der Waals surface area contributed by atoms with Gasteiger partial charge in [0.2, 0.25) is 0 Å². The molecular weight excluding hydrogens is 279 g/mol. The van der Waals surface area contributed by atoms with Crippen molar-refractivity contribution < 1.29 is 13.2 Å². The Morgan fingerprint density at radius 1 is 1.21 bits per heavy atom. The van der Waals surface area contributed by atoms with Crippen molar-refractivity contribution in [2.24, 2.45) is 0 Å². The van der Waals surface area contributed by atoms with E-state index in [0.29, 0.717) is 32.1 Å². The Labute approximate surface area is 115 Å². The maximum absolute atomic E-state index is 12.3. The van der Waals surface area contributed by atoms with Crippen LogP contribution in [0.2, 0.25) is 0 Å². The molecule has 0 aliphatic carbocycles. The molecule has 0 bridgehead atoms. The van der Waals surface area contributed by atoms with E-state index in [1.165, 1.54) is 4.90 Å². The second kappa shape index (κ2) is 5.96. The van der Waals surface area contributed by atoms with Gasteiger partial charge in [-0.05, 0) is 11.6 Å². The maximum Gasteiger partial charge on any atom is 0.401 e. The smallest absolute Gasteiger partial charge is 0.367 e. The highest BCUT2D eigenvalue weighted by molar-refractivity contribution is 6.17. The van der Waals surface area contributed by atoms with Crippen molar-refractivity contribution in [2.45, 2.75) is 12.1 Å². The third kappa shape index (κ3) is 3.98. The van der Waals surface area contributed by atoms with E-state index in [4.69, 9.17) is 11.6 Å². The number of nitrogens with zero attached hydrogens (tertiary/aromatic N) is 3. The number of alkyl halides is 4. The summed E-state index contributed by atoms with van der Waals surface area (Å²) >= 11 is 5.85. The molecule has 0 N–H and O–H groups in total. The molecule has 0 saturated carbocycles. The highest BCUT2D eigenvalue weighted by atomic mass is 35.5. The second-order valence-corrected chi connectivity index (χ2v) is 4.78. The van der Waals surface area contributed by atoms with Crippen LogP contribution in [-0.4, -0.2) is 48.8 Å². The summed E-state index contributed by atoms with van der Waals surface area (Å²) < 4.78 is 36.9. The number of hydrogen-bond donors (Lipinski definition) is 0. The molecule has 0 atom stereocenters. The number of halogens is 4. The summed E-state index contributed by atoms with van der Waals surface area (Å²) in [5.74, 6) is 0.376.